The van der Waals surface area contributed by atoms with Gasteiger partial charge in [0, 0.05) is 17.4 Å². The standard InChI is InChI=1S/C15H15N3/c1-2-10-16-12-18-14-8-6-13(7-9-14)15-5-3-4-11-17-15/h2-9,11-12H,1,10H2,(H,16,18). The number of nitrogens with one attached hydrogen (secondary N) is 1. The van der Waals surface area contributed by atoms with Crippen molar-refractivity contribution in [2.75, 3.05) is 11.9 Å². The number of rotatable bonds is 5. The molecular formula is C15H15N3. The molecule has 0 amide bonds. The highest BCUT2D eigenvalue weighted by atomic mass is 14.9. The van der Waals surface area contributed by atoms with Crippen molar-refractivity contribution in [3.8, 4) is 11.3 Å². The molecule has 2 aromatic rings. The number of hydrogen-bond acceptors (Lipinski definition) is 2. The number of aliphatic imine (C=N–C) groups is 1. The fraction of sp³-hybridized carbons (Fsp3) is 0.0667. The van der Waals surface area contributed by atoms with Gasteiger partial charge >= 0.3 is 0 Å². The average Bonchev–Trinajstić information content (AvgIpc) is 2.45. The van der Waals surface area contributed by atoms with Crippen LogP contribution in [-0.4, -0.2) is 17.9 Å². The first kappa shape index (κ1) is 12.0. The molecule has 0 unspecified atom stereocenters. The first-order valence-electron chi connectivity index (χ1n) is 5.77. The van der Waals surface area contributed by atoms with Crippen molar-refractivity contribution < 1.29 is 0 Å². The Bertz CT molecular complexity index is 515. The summed E-state index contributed by atoms with van der Waals surface area (Å²) in [5.41, 5.74) is 3.08. The minimum absolute atomic E-state index is 0.624. The Kier molecular flexibility index (Phi) is 4.25. The molecule has 0 fully saturated rings. The molecule has 18 heavy (non-hydrogen) atoms. The van der Waals surface area contributed by atoms with Crippen LogP contribution in [0, 0.1) is 0 Å². The molecule has 0 atom stereocenters. The molecule has 0 aliphatic carbocycles. The lowest BCUT2D eigenvalue weighted by Gasteiger charge is -2.03. The second-order valence-electron chi connectivity index (χ2n) is 3.72. The Hall–Kier alpha value is -2.42. The Balaban J connectivity index is 2.04. The van der Waals surface area contributed by atoms with Gasteiger partial charge < -0.3 is 5.32 Å². The molecule has 0 saturated heterocycles. The van der Waals surface area contributed by atoms with E-state index in [4.69, 9.17) is 0 Å². The van der Waals surface area contributed by atoms with Crippen molar-refractivity contribution >= 4 is 12.0 Å². The highest BCUT2D eigenvalue weighted by Crippen LogP contribution is 2.18. The third-order valence-corrected chi connectivity index (χ3v) is 2.40. The molecule has 1 N–H and O–H groups in total. The molecule has 0 bridgehead atoms. The zero-order chi connectivity index (χ0) is 12.6. The predicted molar refractivity (Wildman–Crippen MR) is 76.9 cm³/mol. The van der Waals surface area contributed by atoms with Crippen molar-refractivity contribution in [1.29, 1.82) is 0 Å². The molecule has 1 heterocycles. The number of benzene rings is 1. The van der Waals surface area contributed by atoms with Crippen LogP contribution >= 0.6 is 0 Å². The molecule has 2 rings (SSSR count). The van der Waals surface area contributed by atoms with Crippen molar-refractivity contribution in [1.82, 2.24) is 4.98 Å². The zero-order valence-electron chi connectivity index (χ0n) is 10.1. The van der Waals surface area contributed by atoms with Crippen LogP contribution in [0.5, 0.6) is 0 Å². The molecule has 0 spiro atoms. The van der Waals surface area contributed by atoms with E-state index >= 15 is 0 Å². The summed E-state index contributed by atoms with van der Waals surface area (Å²) < 4.78 is 0. The van der Waals surface area contributed by atoms with Gasteiger partial charge in [0.2, 0.25) is 0 Å². The zero-order valence-corrected chi connectivity index (χ0v) is 10.1. The van der Waals surface area contributed by atoms with Gasteiger partial charge in [0.15, 0.2) is 0 Å². The SMILES string of the molecule is C=CCN=CNc1ccc(-c2ccccn2)cc1. The topological polar surface area (TPSA) is 37.3 Å². The molecular weight excluding hydrogens is 222 g/mol. The average molecular weight is 237 g/mol. The molecule has 0 aliphatic heterocycles. The quantitative estimate of drug-likeness (QED) is 0.492. The van der Waals surface area contributed by atoms with Crippen LogP contribution < -0.4 is 5.32 Å². The Morgan fingerprint density at radius 3 is 2.67 bits per heavy atom. The van der Waals surface area contributed by atoms with Gasteiger partial charge in [-0.2, -0.15) is 0 Å². The van der Waals surface area contributed by atoms with Crippen LogP contribution in [-0.2, 0) is 0 Å². The van der Waals surface area contributed by atoms with Gasteiger partial charge in [0.1, 0.15) is 0 Å². The lowest BCUT2D eigenvalue weighted by atomic mass is 10.1. The smallest absolute Gasteiger partial charge is 0.0871 e. The van der Waals surface area contributed by atoms with Gasteiger partial charge in [0.05, 0.1) is 18.6 Å². The maximum atomic E-state index is 4.31. The van der Waals surface area contributed by atoms with Crippen molar-refractivity contribution in [3.63, 3.8) is 0 Å². The Morgan fingerprint density at radius 2 is 2.00 bits per heavy atom. The number of anilines is 1. The van der Waals surface area contributed by atoms with Crippen LogP contribution in [0.4, 0.5) is 5.69 Å². The summed E-state index contributed by atoms with van der Waals surface area (Å²) in [7, 11) is 0. The van der Waals surface area contributed by atoms with E-state index in [2.05, 4.69) is 21.9 Å². The van der Waals surface area contributed by atoms with Crippen LogP contribution in [0.1, 0.15) is 0 Å². The predicted octanol–water partition coefficient (Wildman–Crippen LogP) is 3.37. The number of pyridine rings is 1. The maximum absolute atomic E-state index is 4.31. The first-order valence-corrected chi connectivity index (χ1v) is 5.77. The summed E-state index contributed by atoms with van der Waals surface area (Å²) in [5, 5.41) is 3.10. The van der Waals surface area contributed by atoms with Crippen LogP contribution in [0.15, 0.2) is 66.3 Å². The Morgan fingerprint density at radius 1 is 1.17 bits per heavy atom. The fourth-order valence-electron chi connectivity index (χ4n) is 1.52. The summed E-state index contributed by atoms with van der Waals surface area (Å²) >= 11 is 0. The van der Waals surface area contributed by atoms with Crippen LogP contribution in [0.2, 0.25) is 0 Å². The van der Waals surface area contributed by atoms with Gasteiger partial charge in [-0.15, -0.1) is 6.58 Å². The van der Waals surface area contributed by atoms with Crippen molar-refractivity contribution in [3.05, 3.63) is 61.3 Å². The normalized spacial score (nSPS) is 10.4. The highest BCUT2D eigenvalue weighted by molar-refractivity contribution is 5.76. The van der Waals surface area contributed by atoms with E-state index in [1.54, 1.807) is 18.6 Å². The molecule has 0 radical (unpaired) electrons. The largest absolute Gasteiger partial charge is 0.347 e. The minimum Gasteiger partial charge on any atom is -0.347 e. The summed E-state index contributed by atoms with van der Waals surface area (Å²) in [4.78, 5) is 8.41. The summed E-state index contributed by atoms with van der Waals surface area (Å²) in [5.74, 6) is 0. The summed E-state index contributed by atoms with van der Waals surface area (Å²) in [6, 6.07) is 14.0. The molecule has 1 aromatic heterocycles. The lowest BCUT2D eigenvalue weighted by Crippen LogP contribution is -1.95. The number of hydrogen-bond donors (Lipinski definition) is 1. The number of aromatic nitrogens is 1. The lowest BCUT2D eigenvalue weighted by molar-refractivity contribution is 1.26. The molecule has 3 nitrogen and oxygen atoms in total. The van der Waals surface area contributed by atoms with Crippen LogP contribution in [0.3, 0.4) is 0 Å². The molecule has 90 valence electrons. The van der Waals surface area contributed by atoms with Crippen LogP contribution in [0.25, 0.3) is 11.3 Å². The summed E-state index contributed by atoms with van der Waals surface area (Å²) in [6.45, 7) is 4.23. The van der Waals surface area contributed by atoms with Gasteiger partial charge in [-0.1, -0.05) is 24.3 Å². The fourth-order valence-corrected chi connectivity index (χ4v) is 1.52. The van der Waals surface area contributed by atoms with Gasteiger partial charge in [0.25, 0.3) is 0 Å². The molecule has 0 aliphatic rings. The minimum atomic E-state index is 0.624. The highest BCUT2D eigenvalue weighted by Gasteiger charge is 1.97. The third-order valence-electron chi connectivity index (χ3n) is 2.40. The number of nitrogens with zero attached hydrogens (tertiary/aromatic N) is 2. The molecule has 0 saturated carbocycles. The van der Waals surface area contributed by atoms with Gasteiger partial charge in [-0.25, -0.2) is 0 Å². The monoisotopic (exact) mass is 237 g/mol. The van der Waals surface area contributed by atoms with Crippen molar-refractivity contribution in [2.24, 2.45) is 4.99 Å². The van der Waals surface area contributed by atoms with E-state index < -0.39 is 0 Å². The van der Waals surface area contributed by atoms with E-state index in [0.29, 0.717) is 6.54 Å². The maximum Gasteiger partial charge on any atom is 0.0871 e. The first-order chi connectivity index (χ1) is 8.90. The van der Waals surface area contributed by atoms with Gasteiger partial charge in [-0.05, 0) is 24.3 Å². The van der Waals surface area contributed by atoms with E-state index in [1.165, 1.54) is 0 Å². The molecule has 3 heteroatoms. The third kappa shape index (κ3) is 3.28. The van der Waals surface area contributed by atoms with E-state index in [0.717, 1.165) is 16.9 Å². The van der Waals surface area contributed by atoms with E-state index in [1.807, 2.05) is 42.5 Å². The second-order valence-corrected chi connectivity index (χ2v) is 3.72. The van der Waals surface area contributed by atoms with E-state index in [9.17, 15) is 0 Å². The van der Waals surface area contributed by atoms with Gasteiger partial charge in [-0.3, -0.25) is 9.98 Å². The van der Waals surface area contributed by atoms with Crippen molar-refractivity contribution in [2.45, 2.75) is 0 Å². The second kappa shape index (κ2) is 6.35. The molecule has 1 aromatic carbocycles. The van der Waals surface area contributed by atoms with E-state index in [-0.39, 0.29) is 0 Å². The Labute approximate surface area is 107 Å². The summed E-state index contributed by atoms with van der Waals surface area (Å²) in [6.07, 6.45) is 5.23.